The van der Waals surface area contributed by atoms with Crippen LogP contribution < -0.4 is 5.32 Å². The summed E-state index contributed by atoms with van der Waals surface area (Å²) in [7, 11) is 2.03. The first-order valence-corrected chi connectivity index (χ1v) is 8.24. The quantitative estimate of drug-likeness (QED) is 0.924. The Labute approximate surface area is 125 Å². The van der Waals surface area contributed by atoms with Crippen molar-refractivity contribution in [2.75, 3.05) is 7.05 Å². The number of nitrogens with zero attached hydrogens (tertiary/aromatic N) is 1. The Hall–Kier alpha value is -1.19. The highest BCUT2D eigenvalue weighted by molar-refractivity contribution is 7.11. The van der Waals surface area contributed by atoms with Crippen LogP contribution in [-0.4, -0.2) is 12.0 Å². The average Bonchev–Trinajstić information content (AvgIpc) is 2.87. The fraction of sp³-hybridized carbons (Fsp3) is 0.471. The van der Waals surface area contributed by atoms with Gasteiger partial charge >= 0.3 is 0 Å². The number of hydrogen-bond donors (Lipinski definition) is 1. The molecule has 1 N–H and O–H groups in total. The third-order valence-electron chi connectivity index (χ3n) is 4.36. The lowest BCUT2D eigenvalue weighted by Gasteiger charge is -2.17. The molecule has 106 valence electrons. The summed E-state index contributed by atoms with van der Waals surface area (Å²) >= 11 is 1.90. The lowest BCUT2D eigenvalue weighted by Crippen LogP contribution is -2.19. The van der Waals surface area contributed by atoms with Crippen molar-refractivity contribution >= 4 is 11.3 Å². The highest BCUT2D eigenvalue weighted by Crippen LogP contribution is 2.33. The molecular formula is C17H22N2S. The number of aromatic nitrogens is 1. The highest BCUT2D eigenvalue weighted by atomic mass is 32.1. The van der Waals surface area contributed by atoms with Gasteiger partial charge in [-0.15, -0.1) is 11.3 Å². The summed E-state index contributed by atoms with van der Waals surface area (Å²) in [4.78, 5) is 6.44. The van der Waals surface area contributed by atoms with E-state index in [-0.39, 0.29) is 6.04 Å². The minimum atomic E-state index is 0.227. The first kappa shape index (κ1) is 13.8. The van der Waals surface area contributed by atoms with Gasteiger partial charge in [0.25, 0.3) is 0 Å². The molecule has 0 saturated heterocycles. The molecule has 0 amide bonds. The maximum atomic E-state index is 4.93. The molecule has 0 radical (unpaired) electrons. The van der Waals surface area contributed by atoms with Gasteiger partial charge < -0.3 is 5.32 Å². The summed E-state index contributed by atoms with van der Waals surface area (Å²) in [6.07, 6.45) is 5.00. The molecule has 1 aromatic carbocycles. The second kappa shape index (κ2) is 5.66. The number of aryl methyl sites for hydroxylation is 3. The Morgan fingerprint density at radius 1 is 1.20 bits per heavy atom. The SMILES string of the molecule is CNC(c1nc2c(s1)CCCC2)c1cccc(C)c1C. The molecule has 1 aliphatic carbocycles. The van der Waals surface area contributed by atoms with Crippen LogP contribution in [0.2, 0.25) is 0 Å². The summed E-state index contributed by atoms with van der Waals surface area (Å²) in [6, 6.07) is 6.78. The van der Waals surface area contributed by atoms with Crippen molar-refractivity contribution in [2.24, 2.45) is 0 Å². The van der Waals surface area contributed by atoms with E-state index in [4.69, 9.17) is 4.98 Å². The Kier molecular flexibility index (Phi) is 3.90. The van der Waals surface area contributed by atoms with E-state index in [1.54, 1.807) is 0 Å². The largest absolute Gasteiger partial charge is 0.307 e. The Balaban J connectivity index is 2.01. The van der Waals surface area contributed by atoms with Crippen LogP contribution in [0.3, 0.4) is 0 Å². The molecule has 2 aromatic rings. The predicted octanol–water partition coefficient (Wildman–Crippen LogP) is 3.95. The lowest BCUT2D eigenvalue weighted by atomic mass is 9.97. The predicted molar refractivity (Wildman–Crippen MR) is 85.6 cm³/mol. The second-order valence-electron chi connectivity index (χ2n) is 5.64. The maximum Gasteiger partial charge on any atom is 0.115 e. The van der Waals surface area contributed by atoms with E-state index in [9.17, 15) is 0 Å². The zero-order chi connectivity index (χ0) is 14.1. The van der Waals surface area contributed by atoms with Gasteiger partial charge in [-0.05, 0) is 63.3 Å². The maximum absolute atomic E-state index is 4.93. The number of benzene rings is 1. The van der Waals surface area contributed by atoms with E-state index >= 15 is 0 Å². The first-order valence-electron chi connectivity index (χ1n) is 7.42. The van der Waals surface area contributed by atoms with Crippen LogP contribution in [0.5, 0.6) is 0 Å². The number of thiazole rings is 1. The number of fused-ring (bicyclic) bond motifs is 1. The van der Waals surface area contributed by atoms with Gasteiger partial charge in [0.1, 0.15) is 5.01 Å². The molecule has 0 fully saturated rings. The van der Waals surface area contributed by atoms with E-state index in [1.165, 1.54) is 51.5 Å². The molecular weight excluding hydrogens is 264 g/mol. The minimum Gasteiger partial charge on any atom is -0.307 e. The van der Waals surface area contributed by atoms with E-state index in [0.29, 0.717) is 0 Å². The van der Waals surface area contributed by atoms with Crippen molar-refractivity contribution in [2.45, 2.75) is 45.6 Å². The molecule has 2 nitrogen and oxygen atoms in total. The fourth-order valence-electron chi connectivity index (χ4n) is 2.99. The van der Waals surface area contributed by atoms with E-state index < -0.39 is 0 Å². The van der Waals surface area contributed by atoms with Gasteiger partial charge in [0.2, 0.25) is 0 Å². The van der Waals surface area contributed by atoms with Gasteiger partial charge in [-0.2, -0.15) is 0 Å². The fourth-order valence-corrected chi connectivity index (χ4v) is 4.28. The van der Waals surface area contributed by atoms with Crippen LogP contribution in [0.15, 0.2) is 18.2 Å². The summed E-state index contributed by atoms with van der Waals surface area (Å²) in [5.74, 6) is 0. The van der Waals surface area contributed by atoms with E-state index in [0.717, 1.165) is 6.42 Å². The van der Waals surface area contributed by atoms with Crippen molar-refractivity contribution in [1.82, 2.24) is 10.3 Å². The third kappa shape index (κ3) is 2.40. The average molecular weight is 286 g/mol. The van der Waals surface area contributed by atoms with Gasteiger partial charge in [0, 0.05) is 4.88 Å². The molecule has 0 bridgehead atoms. The van der Waals surface area contributed by atoms with Crippen LogP contribution >= 0.6 is 11.3 Å². The topological polar surface area (TPSA) is 24.9 Å². The lowest BCUT2D eigenvalue weighted by molar-refractivity contribution is 0.659. The Morgan fingerprint density at radius 2 is 2.00 bits per heavy atom. The van der Waals surface area contributed by atoms with Gasteiger partial charge in [-0.3, -0.25) is 0 Å². The smallest absolute Gasteiger partial charge is 0.115 e. The highest BCUT2D eigenvalue weighted by Gasteiger charge is 2.22. The molecule has 1 heterocycles. The van der Waals surface area contributed by atoms with Crippen LogP contribution in [0.1, 0.15) is 51.2 Å². The molecule has 0 aliphatic heterocycles. The molecule has 1 unspecified atom stereocenters. The zero-order valence-corrected chi connectivity index (χ0v) is 13.3. The van der Waals surface area contributed by atoms with Gasteiger partial charge in [0.15, 0.2) is 0 Å². The van der Waals surface area contributed by atoms with Gasteiger partial charge in [0.05, 0.1) is 11.7 Å². The zero-order valence-electron chi connectivity index (χ0n) is 12.5. The third-order valence-corrected chi connectivity index (χ3v) is 5.58. The normalized spacial score (nSPS) is 15.9. The number of hydrogen-bond acceptors (Lipinski definition) is 3. The second-order valence-corrected chi connectivity index (χ2v) is 6.76. The van der Waals surface area contributed by atoms with Crippen molar-refractivity contribution in [3.05, 3.63) is 50.5 Å². The number of nitrogens with one attached hydrogen (secondary N) is 1. The summed E-state index contributed by atoms with van der Waals surface area (Å²) in [5.41, 5.74) is 5.43. The van der Waals surface area contributed by atoms with Crippen LogP contribution in [0, 0.1) is 13.8 Å². The molecule has 1 atom stereocenters. The minimum absolute atomic E-state index is 0.227. The van der Waals surface area contributed by atoms with Crippen molar-refractivity contribution in [3.63, 3.8) is 0 Å². The summed E-state index contributed by atoms with van der Waals surface area (Å²) in [6.45, 7) is 4.39. The monoisotopic (exact) mass is 286 g/mol. The molecule has 0 saturated carbocycles. The van der Waals surface area contributed by atoms with Gasteiger partial charge in [-0.25, -0.2) is 4.98 Å². The van der Waals surface area contributed by atoms with Crippen LogP contribution in [-0.2, 0) is 12.8 Å². The summed E-state index contributed by atoms with van der Waals surface area (Å²) < 4.78 is 0. The molecule has 3 rings (SSSR count). The Bertz CT molecular complexity index is 592. The molecule has 0 spiro atoms. The summed E-state index contributed by atoms with van der Waals surface area (Å²) in [5, 5.41) is 4.69. The van der Waals surface area contributed by atoms with Crippen LogP contribution in [0.25, 0.3) is 0 Å². The number of rotatable bonds is 3. The standard InChI is InChI=1S/C17H22N2S/c1-11-7-6-8-13(12(11)2)16(18-3)17-19-14-9-4-5-10-15(14)20-17/h6-8,16,18H,4-5,9-10H2,1-3H3. The van der Waals surface area contributed by atoms with E-state index in [1.807, 2.05) is 18.4 Å². The molecule has 1 aromatic heterocycles. The molecule has 1 aliphatic rings. The first-order chi connectivity index (χ1) is 9.70. The molecule has 20 heavy (non-hydrogen) atoms. The molecule has 3 heteroatoms. The van der Waals surface area contributed by atoms with Crippen molar-refractivity contribution in [1.29, 1.82) is 0 Å². The Morgan fingerprint density at radius 3 is 2.75 bits per heavy atom. The van der Waals surface area contributed by atoms with Crippen molar-refractivity contribution < 1.29 is 0 Å². The van der Waals surface area contributed by atoms with E-state index in [2.05, 4.69) is 37.4 Å². The van der Waals surface area contributed by atoms with Crippen LogP contribution in [0.4, 0.5) is 0 Å². The van der Waals surface area contributed by atoms with Gasteiger partial charge in [-0.1, -0.05) is 18.2 Å². The van der Waals surface area contributed by atoms with Crippen molar-refractivity contribution in [3.8, 4) is 0 Å².